The van der Waals surface area contributed by atoms with Crippen LogP contribution in [0.4, 0.5) is 0 Å². The molecule has 102 valence electrons. The fraction of sp³-hybridized carbons (Fsp3) is 0.100. The van der Waals surface area contributed by atoms with Crippen molar-refractivity contribution in [1.29, 1.82) is 0 Å². The Morgan fingerprint density at radius 3 is 3.20 bits per heavy atom. The average molecular weight is 327 g/mol. The molecule has 0 spiro atoms. The predicted octanol–water partition coefficient (Wildman–Crippen LogP) is 1.85. The second-order valence-electron chi connectivity index (χ2n) is 3.82. The van der Waals surface area contributed by atoms with Gasteiger partial charge in [0, 0.05) is 11.6 Å². The molecule has 1 N–H and O–H groups in total. The minimum absolute atomic E-state index is 0.110. The number of aromatic nitrogens is 5. The van der Waals surface area contributed by atoms with E-state index in [9.17, 15) is 4.79 Å². The second kappa shape index (κ2) is 4.93. The van der Waals surface area contributed by atoms with Crippen molar-refractivity contribution >= 4 is 46.3 Å². The first-order valence-corrected chi connectivity index (χ1v) is 7.08. The van der Waals surface area contributed by atoms with Crippen LogP contribution in [0, 0.1) is 11.7 Å². The van der Waals surface area contributed by atoms with Gasteiger partial charge in [-0.3, -0.25) is 14.3 Å². The molecule has 3 rings (SSSR count). The third kappa shape index (κ3) is 2.09. The van der Waals surface area contributed by atoms with Crippen LogP contribution >= 0.6 is 35.2 Å². The highest BCUT2D eigenvalue weighted by atomic mass is 35.5. The zero-order valence-electron chi connectivity index (χ0n) is 10.1. The van der Waals surface area contributed by atoms with Gasteiger partial charge < -0.3 is 0 Å². The Labute approximate surface area is 126 Å². The maximum absolute atomic E-state index is 11.9. The molecule has 0 aliphatic rings. The number of H-pyrrole nitrogens is 1. The summed E-state index contributed by atoms with van der Waals surface area (Å²) in [5, 5.41) is 12.6. The van der Waals surface area contributed by atoms with E-state index in [0.29, 0.717) is 10.8 Å². The molecule has 0 radical (unpaired) electrons. The Bertz CT molecular complexity index is 933. The van der Waals surface area contributed by atoms with Crippen LogP contribution in [0.5, 0.6) is 0 Å². The normalized spacial score (nSPS) is 11.7. The smallest absolute Gasteiger partial charge is 0.288 e. The summed E-state index contributed by atoms with van der Waals surface area (Å²) in [6.07, 6.45) is 3.26. The van der Waals surface area contributed by atoms with Crippen molar-refractivity contribution in [2.75, 3.05) is 0 Å². The average Bonchev–Trinajstić information content (AvgIpc) is 2.96. The molecule has 0 aliphatic carbocycles. The van der Waals surface area contributed by atoms with Crippen molar-refractivity contribution in [3.05, 3.63) is 43.2 Å². The molecule has 0 saturated heterocycles. The third-order valence-corrected chi connectivity index (χ3v) is 3.86. The summed E-state index contributed by atoms with van der Waals surface area (Å²) in [7, 11) is 0. The summed E-state index contributed by atoms with van der Waals surface area (Å²) in [6, 6.07) is 0. The maximum atomic E-state index is 11.9. The van der Waals surface area contributed by atoms with Gasteiger partial charge in [0.25, 0.3) is 5.56 Å². The quantitative estimate of drug-likeness (QED) is 0.575. The van der Waals surface area contributed by atoms with E-state index in [1.54, 1.807) is 11.3 Å². The summed E-state index contributed by atoms with van der Waals surface area (Å²) in [5.41, 5.74) is 0.474. The van der Waals surface area contributed by atoms with Crippen LogP contribution in [0.1, 0.15) is 11.4 Å². The minimum Gasteiger partial charge on any atom is -0.288 e. The molecule has 20 heavy (non-hydrogen) atoms. The first-order chi connectivity index (χ1) is 9.58. The lowest BCUT2D eigenvalue weighted by atomic mass is 10.5. The molecule has 0 aliphatic heterocycles. The van der Waals surface area contributed by atoms with E-state index in [1.807, 2.05) is 11.6 Å². The molecule has 0 atom stereocenters. The van der Waals surface area contributed by atoms with Crippen molar-refractivity contribution in [2.24, 2.45) is 5.10 Å². The van der Waals surface area contributed by atoms with Crippen LogP contribution in [-0.4, -0.2) is 30.5 Å². The van der Waals surface area contributed by atoms with Gasteiger partial charge in [0.05, 0.1) is 6.21 Å². The van der Waals surface area contributed by atoms with Crippen LogP contribution in [0.25, 0.3) is 4.96 Å². The van der Waals surface area contributed by atoms with E-state index in [0.717, 1.165) is 9.64 Å². The lowest BCUT2D eigenvalue weighted by Gasteiger charge is -1.98. The van der Waals surface area contributed by atoms with Crippen molar-refractivity contribution in [2.45, 2.75) is 6.92 Å². The van der Waals surface area contributed by atoms with Gasteiger partial charge in [-0.2, -0.15) is 14.9 Å². The molecule has 3 aromatic rings. The van der Waals surface area contributed by atoms with Crippen molar-refractivity contribution in [1.82, 2.24) is 24.3 Å². The number of aryl methyl sites for hydroxylation is 1. The largest absolute Gasteiger partial charge is 0.296 e. The number of nitrogens with one attached hydrogen (secondary N) is 1. The molecule has 3 aromatic heterocycles. The Balaban J connectivity index is 2.14. The highest BCUT2D eigenvalue weighted by Crippen LogP contribution is 2.19. The summed E-state index contributed by atoms with van der Waals surface area (Å²) in [6.45, 7) is 1.57. The minimum atomic E-state index is -0.382. The van der Waals surface area contributed by atoms with E-state index in [2.05, 4.69) is 20.3 Å². The van der Waals surface area contributed by atoms with Crippen LogP contribution in [0.15, 0.2) is 21.5 Å². The lowest BCUT2D eigenvalue weighted by Crippen LogP contribution is -2.22. The highest BCUT2D eigenvalue weighted by Gasteiger charge is 2.09. The zero-order valence-corrected chi connectivity index (χ0v) is 12.5. The number of nitrogens with zero attached hydrogens (tertiary/aromatic N) is 5. The summed E-state index contributed by atoms with van der Waals surface area (Å²) < 4.78 is 2.95. The predicted molar refractivity (Wildman–Crippen MR) is 79.5 cm³/mol. The van der Waals surface area contributed by atoms with E-state index >= 15 is 0 Å². The zero-order chi connectivity index (χ0) is 14.3. The van der Waals surface area contributed by atoms with Crippen molar-refractivity contribution < 1.29 is 0 Å². The lowest BCUT2D eigenvalue weighted by molar-refractivity contribution is 0.720. The fourth-order valence-electron chi connectivity index (χ4n) is 1.58. The molecule has 10 heteroatoms. The molecule has 0 bridgehead atoms. The van der Waals surface area contributed by atoms with E-state index in [-0.39, 0.29) is 16.0 Å². The standard InChI is InChI=1S/C10H7ClN6OS2/c1-5-8(18)17(9(19)15-14-5)12-4-6-7(11)13-10-16(6)2-3-20-10/h2-4H,1H3,(H,15,19)/b12-4+. The number of fused-ring (bicyclic) bond motifs is 1. The monoisotopic (exact) mass is 326 g/mol. The number of halogens is 1. The first kappa shape index (κ1) is 13.2. The SMILES string of the molecule is Cc1n[nH]c(=S)n(/N=C/c2c(Cl)nc3sccn23)c1=O. The summed E-state index contributed by atoms with van der Waals surface area (Å²) >= 11 is 12.5. The molecule has 0 amide bonds. The van der Waals surface area contributed by atoms with Crippen LogP contribution in [-0.2, 0) is 0 Å². The highest BCUT2D eigenvalue weighted by molar-refractivity contribution is 7.71. The Morgan fingerprint density at radius 1 is 1.60 bits per heavy atom. The van der Waals surface area contributed by atoms with Gasteiger partial charge in [0.2, 0.25) is 4.77 Å². The Morgan fingerprint density at radius 2 is 2.40 bits per heavy atom. The number of hydrogen-bond acceptors (Lipinski definition) is 6. The molecule has 0 fully saturated rings. The molecule has 0 aromatic carbocycles. The van der Waals surface area contributed by atoms with E-state index < -0.39 is 0 Å². The maximum Gasteiger partial charge on any atom is 0.296 e. The van der Waals surface area contributed by atoms with Gasteiger partial charge in [-0.15, -0.1) is 11.3 Å². The van der Waals surface area contributed by atoms with Gasteiger partial charge in [0.1, 0.15) is 11.4 Å². The van der Waals surface area contributed by atoms with E-state index in [4.69, 9.17) is 23.8 Å². The van der Waals surface area contributed by atoms with Gasteiger partial charge in [-0.05, 0) is 19.1 Å². The number of aromatic amines is 1. The summed E-state index contributed by atoms with van der Waals surface area (Å²) in [5.74, 6) is 0. The second-order valence-corrected chi connectivity index (χ2v) is 5.44. The molecular formula is C10H7ClN6OS2. The van der Waals surface area contributed by atoms with Gasteiger partial charge in [-0.25, -0.2) is 4.98 Å². The Kier molecular flexibility index (Phi) is 3.24. The van der Waals surface area contributed by atoms with Crippen LogP contribution in [0.3, 0.4) is 0 Å². The third-order valence-electron chi connectivity index (χ3n) is 2.56. The fourth-order valence-corrected chi connectivity index (χ4v) is 2.75. The van der Waals surface area contributed by atoms with Gasteiger partial charge in [-0.1, -0.05) is 11.6 Å². The van der Waals surface area contributed by atoms with E-state index in [1.165, 1.54) is 17.6 Å². The molecule has 3 heterocycles. The molecule has 0 saturated carbocycles. The van der Waals surface area contributed by atoms with Crippen molar-refractivity contribution in [3.8, 4) is 0 Å². The number of imidazole rings is 1. The molecule has 7 nitrogen and oxygen atoms in total. The van der Waals surface area contributed by atoms with Crippen LogP contribution in [0.2, 0.25) is 5.15 Å². The van der Waals surface area contributed by atoms with Crippen LogP contribution < -0.4 is 5.56 Å². The Hall–Kier alpha value is -1.84. The molecular weight excluding hydrogens is 320 g/mol. The molecule has 0 unspecified atom stereocenters. The number of rotatable bonds is 2. The van der Waals surface area contributed by atoms with Gasteiger partial charge >= 0.3 is 0 Å². The summed E-state index contributed by atoms with van der Waals surface area (Å²) in [4.78, 5) is 16.8. The van der Waals surface area contributed by atoms with Gasteiger partial charge in [0.15, 0.2) is 10.1 Å². The van der Waals surface area contributed by atoms with Crippen molar-refractivity contribution in [3.63, 3.8) is 0 Å². The number of thiazole rings is 1. The number of hydrogen-bond donors (Lipinski definition) is 1. The topological polar surface area (TPSA) is 80.3 Å². The first-order valence-electron chi connectivity index (χ1n) is 5.41.